The highest BCUT2D eigenvalue weighted by atomic mass is 79.9. The van der Waals surface area contributed by atoms with Gasteiger partial charge in [0.25, 0.3) is 0 Å². The van der Waals surface area contributed by atoms with Gasteiger partial charge in [0, 0.05) is 28.3 Å². The van der Waals surface area contributed by atoms with Crippen molar-refractivity contribution in [3.63, 3.8) is 0 Å². The molecule has 2 rings (SSSR count). The highest BCUT2D eigenvalue weighted by Gasteiger charge is 2.12. The third-order valence-corrected chi connectivity index (χ3v) is 4.08. The standard InChI is InChI=1S/C14H15BrN2OS/c1-2-7-17-8-6-16-14(17)13(18)10-19-12-5-3-4-11(15)9-12/h3-6,8-9H,2,7,10H2,1H3. The number of Topliss-reactive ketones (excluding diaryl/α,β-unsaturated/α-hetero) is 1. The fourth-order valence-corrected chi connectivity index (χ4v) is 3.12. The van der Waals surface area contributed by atoms with E-state index in [1.54, 1.807) is 6.20 Å². The first-order valence-corrected chi connectivity index (χ1v) is 7.91. The van der Waals surface area contributed by atoms with Gasteiger partial charge in [0.2, 0.25) is 5.78 Å². The third kappa shape index (κ3) is 3.94. The van der Waals surface area contributed by atoms with E-state index in [9.17, 15) is 4.79 Å². The van der Waals surface area contributed by atoms with Crippen molar-refractivity contribution in [3.05, 3.63) is 47.0 Å². The summed E-state index contributed by atoms with van der Waals surface area (Å²) in [6, 6.07) is 7.95. The van der Waals surface area contributed by atoms with Crippen LogP contribution in [0.1, 0.15) is 24.0 Å². The molecular weight excluding hydrogens is 324 g/mol. The number of hydrogen-bond donors (Lipinski definition) is 0. The second-order valence-corrected chi connectivity index (χ2v) is 6.08. The molecule has 0 spiro atoms. The Morgan fingerprint density at radius 3 is 3.05 bits per heavy atom. The Morgan fingerprint density at radius 1 is 1.47 bits per heavy atom. The molecule has 2 aromatic rings. The summed E-state index contributed by atoms with van der Waals surface area (Å²) in [6.45, 7) is 2.92. The molecular formula is C14H15BrN2OS. The number of rotatable bonds is 6. The molecule has 0 aliphatic rings. The Bertz CT molecular complexity index is 568. The van der Waals surface area contributed by atoms with Crippen molar-refractivity contribution in [1.29, 1.82) is 0 Å². The molecule has 0 fully saturated rings. The number of thioether (sulfide) groups is 1. The molecule has 100 valence electrons. The highest BCUT2D eigenvalue weighted by Crippen LogP contribution is 2.22. The molecule has 19 heavy (non-hydrogen) atoms. The predicted molar refractivity (Wildman–Crippen MR) is 81.7 cm³/mol. The summed E-state index contributed by atoms with van der Waals surface area (Å²) in [5.74, 6) is 1.05. The molecule has 0 bridgehead atoms. The van der Waals surface area contributed by atoms with E-state index in [2.05, 4.69) is 27.8 Å². The van der Waals surface area contributed by atoms with Gasteiger partial charge in [-0.2, -0.15) is 0 Å². The number of carbonyl (C=O) groups excluding carboxylic acids is 1. The SMILES string of the molecule is CCCn1ccnc1C(=O)CSc1cccc(Br)c1. The molecule has 0 aliphatic carbocycles. The molecule has 1 heterocycles. The minimum atomic E-state index is 0.0726. The second-order valence-electron chi connectivity index (χ2n) is 4.11. The zero-order chi connectivity index (χ0) is 13.7. The number of benzene rings is 1. The number of hydrogen-bond acceptors (Lipinski definition) is 3. The lowest BCUT2D eigenvalue weighted by Gasteiger charge is -2.05. The Hall–Kier alpha value is -1.07. The van der Waals surface area contributed by atoms with E-state index in [1.807, 2.05) is 35.0 Å². The summed E-state index contributed by atoms with van der Waals surface area (Å²) in [5.41, 5.74) is 0. The van der Waals surface area contributed by atoms with Crippen LogP contribution in [-0.4, -0.2) is 21.1 Å². The zero-order valence-electron chi connectivity index (χ0n) is 10.7. The van der Waals surface area contributed by atoms with Gasteiger partial charge in [-0.3, -0.25) is 4.79 Å². The van der Waals surface area contributed by atoms with E-state index < -0.39 is 0 Å². The van der Waals surface area contributed by atoms with Crippen LogP contribution in [0.2, 0.25) is 0 Å². The molecule has 0 unspecified atom stereocenters. The predicted octanol–water partition coefficient (Wildman–Crippen LogP) is 4.03. The summed E-state index contributed by atoms with van der Waals surface area (Å²) in [6.07, 6.45) is 4.54. The zero-order valence-corrected chi connectivity index (χ0v) is 13.1. The first kappa shape index (κ1) is 14.3. The fraction of sp³-hybridized carbons (Fsp3) is 0.286. The van der Waals surface area contributed by atoms with E-state index in [-0.39, 0.29) is 5.78 Å². The van der Waals surface area contributed by atoms with Gasteiger partial charge in [0.15, 0.2) is 5.82 Å². The van der Waals surface area contributed by atoms with E-state index >= 15 is 0 Å². The molecule has 0 N–H and O–H groups in total. The lowest BCUT2D eigenvalue weighted by atomic mass is 10.4. The minimum absolute atomic E-state index is 0.0726. The van der Waals surface area contributed by atoms with Crippen molar-refractivity contribution in [2.45, 2.75) is 24.8 Å². The summed E-state index contributed by atoms with van der Waals surface area (Å²) >= 11 is 4.96. The van der Waals surface area contributed by atoms with Crippen LogP contribution in [0.25, 0.3) is 0 Å². The first-order chi connectivity index (χ1) is 9.20. The summed E-state index contributed by atoms with van der Waals surface area (Å²) in [5, 5.41) is 0. The van der Waals surface area contributed by atoms with Gasteiger partial charge in [-0.05, 0) is 24.6 Å². The number of halogens is 1. The van der Waals surface area contributed by atoms with Gasteiger partial charge in [0.05, 0.1) is 5.75 Å². The van der Waals surface area contributed by atoms with Crippen LogP contribution in [0.3, 0.4) is 0 Å². The maximum atomic E-state index is 12.1. The Balaban J connectivity index is 1.99. The van der Waals surface area contributed by atoms with Gasteiger partial charge in [-0.25, -0.2) is 4.98 Å². The Labute approximate surface area is 125 Å². The summed E-state index contributed by atoms with van der Waals surface area (Å²) in [4.78, 5) is 17.4. The van der Waals surface area contributed by atoms with E-state index in [0.717, 1.165) is 22.3 Å². The normalized spacial score (nSPS) is 10.6. The van der Waals surface area contributed by atoms with Gasteiger partial charge >= 0.3 is 0 Å². The van der Waals surface area contributed by atoms with Gasteiger partial charge in [0.1, 0.15) is 0 Å². The maximum Gasteiger partial charge on any atom is 0.208 e. The van der Waals surface area contributed by atoms with Crippen molar-refractivity contribution in [2.75, 3.05) is 5.75 Å². The number of ketones is 1. The number of carbonyl (C=O) groups is 1. The summed E-state index contributed by atoms with van der Waals surface area (Å²) in [7, 11) is 0. The van der Waals surface area contributed by atoms with E-state index in [1.165, 1.54) is 11.8 Å². The number of aromatic nitrogens is 2. The largest absolute Gasteiger partial charge is 0.329 e. The van der Waals surface area contributed by atoms with Crippen molar-refractivity contribution in [2.24, 2.45) is 0 Å². The van der Waals surface area contributed by atoms with Crippen LogP contribution in [0.5, 0.6) is 0 Å². The molecule has 0 amide bonds. The molecule has 0 saturated heterocycles. The molecule has 0 aliphatic heterocycles. The second kappa shape index (κ2) is 6.91. The van der Waals surface area contributed by atoms with Crippen LogP contribution in [0, 0.1) is 0 Å². The quantitative estimate of drug-likeness (QED) is 0.589. The molecule has 0 atom stereocenters. The lowest BCUT2D eigenvalue weighted by molar-refractivity contribution is 0.100. The topological polar surface area (TPSA) is 34.9 Å². The van der Waals surface area contributed by atoms with Crippen LogP contribution in [-0.2, 0) is 6.54 Å². The van der Waals surface area contributed by atoms with Crippen molar-refractivity contribution >= 4 is 33.5 Å². The average Bonchev–Trinajstić information content (AvgIpc) is 2.85. The Morgan fingerprint density at radius 2 is 2.32 bits per heavy atom. The average molecular weight is 339 g/mol. The van der Waals surface area contributed by atoms with Crippen LogP contribution in [0.15, 0.2) is 46.0 Å². The third-order valence-electron chi connectivity index (χ3n) is 2.60. The van der Waals surface area contributed by atoms with Crippen molar-refractivity contribution in [3.8, 4) is 0 Å². The fourth-order valence-electron chi connectivity index (χ4n) is 1.75. The molecule has 0 radical (unpaired) electrons. The first-order valence-electron chi connectivity index (χ1n) is 6.13. The van der Waals surface area contributed by atoms with Gasteiger partial charge in [-0.15, -0.1) is 11.8 Å². The van der Waals surface area contributed by atoms with E-state index in [4.69, 9.17) is 0 Å². The smallest absolute Gasteiger partial charge is 0.208 e. The van der Waals surface area contributed by atoms with E-state index in [0.29, 0.717) is 11.6 Å². The molecule has 1 aromatic carbocycles. The minimum Gasteiger partial charge on any atom is -0.329 e. The number of nitrogens with zero attached hydrogens (tertiary/aromatic N) is 2. The van der Waals surface area contributed by atoms with Crippen LogP contribution in [0.4, 0.5) is 0 Å². The van der Waals surface area contributed by atoms with Crippen LogP contribution < -0.4 is 0 Å². The van der Waals surface area contributed by atoms with Crippen molar-refractivity contribution < 1.29 is 4.79 Å². The molecule has 5 heteroatoms. The van der Waals surface area contributed by atoms with Gasteiger partial charge < -0.3 is 4.57 Å². The molecule has 0 saturated carbocycles. The van der Waals surface area contributed by atoms with Crippen molar-refractivity contribution in [1.82, 2.24) is 9.55 Å². The number of aryl methyl sites for hydroxylation is 1. The molecule has 3 nitrogen and oxygen atoms in total. The Kier molecular flexibility index (Phi) is 5.22. The van der Waals surface area contributed by atoms with Gasteiger partial charge in [-0.1, -0.05) is 28.9 Å². The highest BCUT2D eigenvalue weighted by molar-refractivity contribution is 9.10. The summed E-state index contributed by atoms with van der Waals surface area (Å²) < 4.78 is 2.95. The maximum absolute atomic E-state index is 12.1. The lowest BCUT2D eigenvalue weighted by Crippen LogP contribution is -2.12. The molecule has 1 aromatic heterocycles. The number of imidazole rings is 1. The monoisotopic (exact) mass is 338 g/mol. The van der Waals surface area contributed by atoms with Crippen LogP contribution >= 0.6 is 27.7 Å².